The molecule has 4 saturated carbocycles. The fourth-order valence-electron chi connectivity index (χ4n) is 12.4. The Balaban J connectivity index is 1.28. The van der Waals surface area contributed by atoms with E-state index in [0.29, 0.717) is 11.8 Å². The fraction of sp³-hybridized carbons (Fsp3) is 0.917. The second kappa shape index (κ2) is 10.7. The lowest BCUT2D eigenvalue weighted by Crippen LogP contribution is -2.65. The van der Waals surface area contributed by atoms with Crippen molar-refractivity contribution in [3.05, 3.63) is 11.6 Å². The van der Waals surface area contributed by atoms with E-state index in [-0.39, 0.29) is 39.4 Å². The summed E-state index contributed by atoms with van der Waals surface area (Å²) in [5, 5.41) is 63.3. The van der Waals surface area contributed by atoms with Crippen LogP contribution in [0.1, 0.15) is 106 Å². The van der Waals surface area contributed by atoms with Crippen LogP contribution in [-0.4, -0.2) is 79.8 Å². The van der Waals surface area contributed by atoms with Crippen LogP contribution in [0.25, 0.3) is 0 Å². The van der Waals surface area contributed by atoms with Crippen molar-refractivity contribution in [1.29, 1.82) is 0 Å². The van der Waals surface area contributed by atoms with Crippen molar-refractivity contribution in [2.24, 2.45) is 56.7 Å². The molecule has 44 heavy (non-hydrogen) atoms. The Morgan fingerprint density at radius 1 is 0.955 bits per heavy atom. The van der Waals surface area contributed by atoms with Gasteiger partial charge in [-0.2, -0.15) is 0 Å². The van der Waals surface area contributed by atoms with Crippen molar-refractivity contribution >= 4 is 5.97 Å². The van der Waals surface area contributed by atoms with Crippen molar-refractivity contribution in [2.75, 3.05) is 6.61 Å². The molecule has 5 fully saturated rings. The number of ether oxygens (including phenoxy) is 1. The number of rotatable bonds is 4. The molecule has 1 heterocycles. The first-order chi connectivity index (χ1) is 20.5. The minimum atomic E-state index is -1.49. The summed E-state index contributed by atoms with van der Waals surface area (Å²) >= 11 is 0. The minimum Gasteiger partial charge on any atom is -0.481 e. The summed E-state index contributed by atoms with van der Waals surface area (Å²) in [6.45, 7) is 13.8. The standard InChI is InChI=1S/C36H58O8/c1-19-20(26(38)30-29(41)28(40)27(39)24(18-37)44-30)9-11-33(4)21(19)10-12-35(6)25(33)8-7-22-23-17-32(2,3)13-15-36(23,31(42)43)16-14-34(22,35)5/h7,19-21,23-30,37-41H,8-18H2,1-6H3,(H,42,43)/t19-,20-,21?,23?,24?,25?,26?,27+,28?,29?,30+,33-,34+,35+,36-/m0/s1. The fourth-order valence-corrected chi connectivity index (χ4v) is 12.4. The molecule has 0 aromatic carbocycles. The Hall–Kier alpha value is -1.03. The Morgan fingerprint density at radius 2 is 1.64 bits per heavy atom. The van der Waals surface area contributed by atoms with Gasteiger partial charge in [-0.1, -0.05) is 53.2 Å². The monoisotopic (exact) mass is 618 g/mol. The van der Waals surface area contributed by atoms with Crippen molar-refractivity contribution in [3.8, 4) is 0 Å². The van der Waals surface area contributed by atoms with Gasteiger partial charge in [-0.3, -0.25) is 4.79 Å². The van der Waals surface area contributed by atoms with Gasteiger partial charge in [0.2, 0.25) is 0 Å². The third-order valence-electron chi connectivity index (χ3n) is 15.4. The Bertz CT molecular complexity index is 1170. The van der Waals surface area contributed by atoms with Gasteiger partial charge in [-0.05, 0) is 115 Å². The molecule has 15 atom stereocenters. The van der Waals surface area contributed by atoms with Gasteiger partial charge < -0.3 is 35.4 Å². The highest BCUT2D eigenvalue weighted by Crippen LogP contribution is 2.75. The van der Waals surface area contributed by atoms with Gasteiger partial charge in [-0.25, -0.2) is 0 Å². The Labute approximate surface area is 263 Å². The maximum absolute atomic E-state index is 12.9. The Kier molecular flexibility index (Phi) is 8.03. The number of aliphatic hydroxyl groups excluding tert-OH is 5. The average Bonchev–Trinajstić information content (AvgIpc) is 2.96. The van der Waals surface area contributed by atoms with E-state index >= 15 is 0 Å². The van der Waals surface area contributed by atoms with E-state index in [1.54, 1.807) is 0 Å². The van der Waals surface area contributed by atoms with Crippen LogP contribution in [0.15, 0.2) is 11.6 Å². The van der Waals surface area contributed by atoms with Crippen molar-refractivity contribution in [1.82, 2.24) is 0 Å². The molecular weight excluding hydrogens is 560 g/mol. The van der Waals surface area contributed by atoms with Crippen molar-refractivity contribution < 1.29 is 40.2 Å². The van der Waals surface area contributed by atoms with E-state index in [1.807, 2.05) is 0 Å². The summed E-state index contributed by atoms with van der Waals surface area (Å²) in [4.78, 5) is 12.9. The number of carbonyl (C=O) groups is 1. The number of aliphatic carboxylic acids is 1. The SMILES string of the molecule is C[C@@H]1C2CC[C@]3(C)C(CC=C4C5CC(C)(C)CC[C@]5(C(=O)O)CC[C@]43C)[C@@]2(C)CC[C@@H]1C(O)[C@H]1OC(CO)[C@@H](O)C(O)C1O. The highest BCUT2D eigenvalue weighted by atomic mass is 16.6. The zero-order valence-corrected chi connectivity index (χ0v) is 27.7. The third-order valence-corrected chi connectivity index (χ3v) is 15.4. The van der Waals surface area contributed by atoms with E-state index < -0.39 is 54.6 Å². The normalized spacial score (nSPS) is 54.1. The summed E-state index contributed by atoms with van der Waals surface area (Å²) in [6.07, 6.45) is 4.11. The summed E-state index contributed by atoms with van der Waals surface area (Å²) in [5.74, 6) is 0.323. The van der Waals surface area contributed by atoms with E-state index in [0.717, 1.165) is 64.2 Å². The number of aliphatic hydroxyl groups is 5. The average molecular weight is 619 g/mol. The van der Waals surface area contributed by atoms with Gasteiger partial charge in [0, 0.05) is 0 Å². The van der Waals surface area contributed by atoms with E-state index in [9.17, 15) is 35.4 Å². The molecule has 6 aliphatic rings. The second-order valence-corrected chi connectivity index (χ2v) is 17.6. The lowest BCUT2D eigenvalue weighted by atomic mass is 9.34. The van der Waals surface area contributed by atoms with E-state index in [2.05, 4.69) is 47.6 Å². The quantitative estimate of drug-likeness (QED) is 0.256. The van der Waals surface area contributed by atoms with Crippen LogP contribution < -0.4 is 0 Å². The van der Waals surface area contributed by atoms with Gasteiger partial charge in [0.05, 0.1) is 18.1 Å². The zero-order valence-electron chi connectivity index (χ0n) is 27.7. The van der Waals surface area contributed by atoms with Gasteiger partial charge in [0.25, 0.3) is 0 Å². The first-order valence-corrected chi connectivity index (χ1v) is 17.4. The molecule has 0 radical (unpaired) electrons. The van der Waals surface area contributed by atoms with Gasteiger partial charge in [0.1, 0.15) is 30.5 Å². The van der Waals surface area contributed by atoms with Crippen LogP contribution in [0.4, 0.5) is 0 Å². The smallest absolute Gasteiger partial charge is 0.310 e. The topological polar surface area (TPSA) is 148 Å². The number of fused-ring (bicyclic) bond motifs is 7. The summed E-state index contributed by atoms with van der Waals surface area (Å²) in [7, 11) is 0. The molecule has 7 unspecified atom stereocenters. The zero-order chi connectivity index (χ0) is 32.2. The molecule has 6 rings (SSSR count). The molecule has 1 saturated heterocycles. The van der Waals surface area contributed by atoms with Crippen molar-refractivity contribution in [2.45, 2.75) is 142 Å². The first-order valence-electron chi connectivity index (χ1n) is 17.4. The molecule has 0 amide bonds. The molecule has 0 aromatic heterocycles. The molecular formula is C36H58O8. The van der Waals surface area contributed by atoms with E-state index in [4.69, 9.17) is 4.74 Å². The van der Waals surface area contributed by atoms with Gasteiger partial charge >= 0.3 is 5.97 Å². The van der Waals surface area contributed by atoms with Crippen molar-refractivity contribution in [3.63, 3.8) is 0 Å². The molecule has 0 spiro atoms. The lowest BCUT2D eigenvalue weighted by Gasteiger charge is -2.70. The molecule has 8 nitrogen and oxygen atoms in total. The van der Waals surface area contributed by atoms with Gasteiger partial charge in [-0.15, -0.1) is 0 Å². The second-order valence-electron chi connectivity index (χ2n) is 17.6. The van der Waals surface area contributed by atoms with Crippen LogP contribution in [0, 0.1) is 56.7 Å². The number of carboxylic acid groups (broad SMARTS) is 1. The highest BCUT2D eigenvalue weighted by Gasteiger charge is 2.68. The van der Waals surface area contributed by atoms with Crippen LogP contribution in [0.5, 0.6) is 0 Å². The molecule has 8 heteroatoms. The summed E-state index contributed by atoms with van der Waals surface area (Å²) < 4.78 is 5.80. The van der Waals surface area contributed by atoms with Crippen LogP contribution >= 0.6 is 0 Å². The molecule has 5 aliphatic carbocycles. The van der Waals surface area contributed by atoms with Gasteiger partial charge in [0.15, 0.2) is 0 Å². The van der Waals surface area contributed by atoms with E-state index in [1.165, 1.54) is 5.57 Å². The largest absolute Gasteiger partial charge is 0.481 e. The van der Waals surface area contributed by atoms with Crippen LogP contribution in [0.2, 0.25) is 0 Å². The molecule has 0 aromatic rings. The first kappa shape index (κ1) is 32.9. The third kappa shape index (κ3) is 4.40. The number of carboxylic acids is 1. The summed E-state index contributed by atoms with van der Waals surface area (Å²) in [5.41, 5.74) is 0.988. The summed E-state index contributed by atoms with van der Waals surface area (Å²) in [6, 6.07) is 0. The number of hydrogen-bond acceptors (Lipinski definition) is 7. The number of allylic oxidation sites excluding steroid dienone is 2. The Morgan fingerprint density at radius 3 is 2.30 bits per heavy atom. The maximum Gasteiger partial charge on any atom is 0.310 e. The van der Waals surface area contributed by atoms with Crippen LogP contribution in [-0.2, 0) is 9.53 Å². The molecule has 0 bridgehead atoms. The van der Waals surface area contributed by atoms with Crippen LogP contribution in [0.3, 0.4) is 0 Å². The minimum absolute atomic E-state index is 0.0448. The molecule has 250 valence electrons. The lowest BCUT2D eigenvalue weighted by molar-refractivity contribution is -0.261. The predicted octanol–water partition coefficient (Wildman–Crippen LogP) is 4.30. The molecule has 1 aliphatic heterocycles. The maximum atomic E-state index is 12.9. The predicted molar refractivity (Wildman–Crippen MR) is 165 cm³/mol. The molecule has 6 N–H and O–H groups in total. The number of hydrogen-bond donors (Lipinski definition) is 6. The highest BCUT2D eigenvalue weighted by molar-refractivity contribution is 5.76.